The number of phosphoric acid groups is 2. The predicted molar refractivity (Wildman–Crippen MR) is 270 cm³/mol. The molecule has 9 atom stereocenters. The maximum absolute atomic E-state index is 13.0. The third-order valence-corrected chi connectivity index (χ3v) is 11.9. The Morgan fingerprint density at radius 3 is 1.60 bits per heavy atom. The van der Waals surface area contributed by atoms with Crippen LogP contribution in [0.1, 0.15) is 136 Å². The van der Waals surface area contributed by atoms with E-state index in [0.717, 1.165) is 77.0 Å². The van der Waals surface area contributed by atoms with E-state index in [-0.39, 0.29) is 12.8 Å². The molecule has 1 saturated carbocycles. The number of rotatable bonds is 39. The number of esters is 2. The summed E-state index contributed by atoms with van der Waals surface area (Å²) in [7, 11) is -10.7. The first-order chi connectivity index (χ1) is 33.5. The highest BCUT2D eigenvalue weighted by molar-refractivity contribution is 7.47. The molecule has 1 fully saturated rings. The molecular weight excluding hydrogens is 946 g/mol. The number of unbranched alkanes of at least 4 members (excludes halogenated alkanes) is 7. The Balaban J connectivity index is 2.64. The highest BCUT2D eigenvalue weighted by Gasteiger charge is 2.54. The van der Waals surface area contributed by atoms with E-state index in [4.69, 9.17) is 18.5 Å². The molecule has 17 nitrogen and oxygen atoms in total. The van der Waals surface area contributed by atoms with Crippen LogP contribution in [0.4, 0.5) is 0 Å². The second-order valence-corrected chi connectivity index (χ2v) is 19.2. The van der Waals surface area contributed by atoms with Gasteiger partial charge in [-0.05, 0) is 83.5 Å². The minimum atomic E-state index is -5.38. The van der Waals surface area contributed by atoms with Crippen LogP contribution in [-0.2, 0) is 41.8 Å². The van der Waals surface area contributed by atoms with Gasteiger partial charge in [-0.3, -0.25) is 23.2 Å². The van der Waals surface area contributed by atoms with Crippen molar-refractivity contribution in [3.63, 3.8) is 0 Å². The largest absolute Gasteiger partial charge is 0.472 e. The van der Waals surface area contributed by atoms with E-state index in [0.29, 0.717) is 32.1 Å². The van der Waals surface area contributed by atoms with Gasteiger partial charge in [0.2, 0.25) is 0 Å². The molecule has 398 valence electrons. The third-order valence-electron chi connectivity index (χ3n) is 10.4. The number of hydrogen-bond acceptors (Lipinski definition) is 14. The van der Waals surface area contributed by atoms with Crippen LogP contribution in [0.15, 0.2) is 109 Å². The first-order valence-corrected chi connectivity index (χ1v) is 27.6. The minimum absolute atomic E-state index is 0.0000833. The molecule has 0 aromatic rings. The Bertz CT molecular complexity index is 1780. The first-order valence-electron chi connectivity index (χ1n) is 24.5. The molecule has 0 aliphatic heterocycles. The third kappa shape index (κ3) is 34.1. The van der Waals surface area contributed by atoms with Crippen molar-refractivity contribution in [3.05, 3.63) is 109 Å². The normalized spacial score (nSPS) is 22.4. The molecule has 0 bridgehead atoms. The number of ether oxygens (including phenoxy) is 2. The van der Waals surface area contributed by atoms with E-state index in [1.807, 2.05) is 61.6 Å². The van der Waals surface area contributed by atoms with Crippen LogP contribution in [0.5, 0.6) is 0 Å². The summed E-state index contributed by atoms with van der Waals surface area (Å²) in [6.45, 7) is 2.69. The van der Waals surface area contributed by atoms with E-state index in [1.54, 1.807) is 6.08 Å². The Kier molecular flexibility index (Phi) is 37.1. The van der Waals surface area contributed by atoms with Gasteiger partial charge in [-0.25, -0.2) is 9.13 Å². The summed E-state index contributed by atoms with van der Waals surface area (Å²) in [6, 6.07) is 0. The van der Waals surface area contributed by atoms with Crippen LogP contribution in [0.3, 0.4) is 0 Å². The Labute approximate surface area is 415 Å². The van der Waals surface area contributed by atoms with Crippen LogP contribution in [0, 0.1) is 0 Å². The van der Waals surface area contributed by atoms with E-state index >= 15 is 0 Å². The second-order valence-electron chi connectivity index (χ2n) is 16.6. The molecule has 1 rings (SSSR count). The molecular formula is C51H82O17P2. The Morgan fingerprint density at radius 2 is 1.01 bits per heavy atom. The summed E-state index contributed by atoms with van der Waals surface area (Å²) in [4.78, 5) is 54.3. The standard InChI is InChI=1S/C51H82O17P2/c1-3-5-7-8-9-10-11-12-13-14-15-16-17-18-23-26-29-32-35-39-45(54)66-43(41-65-70(62,63)68-51-48(57)46(55)47(56)50(49(51)58)67-69(59,60)61)40-64-44(53)38-34-31-28-25-22-20-19-21-24-27-30-33-37-42(52)36-6-4-2/h5-7,9-10,12-13,15-16,19-20,24-25,27-28,30,33,36,42-43,46-52,55-58H,3-4,8,11,14,17-18,21-23,26,29,31-32,34-35,37-41H2,1-2H3,(H,62,63)(H2,59,60,61)/b7-5-,10-9-,13-12-,16-15-,20-19-,27-24-,28-25-,33-30+,36-6-/t42?,43-,46?,47?,48?,49?,50-,51+/m1/s1. The summed E-state index contributed by atoms with van der Waals surface area (Å²) < 4.78 is 49.3. The minimum Gasteiger partial charge on any atom is -0.462 e. The highest BCUT2D eigenvalue weighted by atomic mass is 31.2. The molecule has 0 heterocycles. The fourth-order valence-corrected chi connectivity index (χ4v) is 8.20. The molecule has 0 aromatic carbocycles. The molecule has 0 saturated heterocycles. The number of hydrogen-bond donors (Lipinski definition) is 8. The van der Waals surface area contributed by atoms with Gasteiger partial charge in [0.05, 0.1) is 12.7 Å². The number of carbonyl (C=O) groups excluding carboxylic acids is 2. The first kappa shape index (κ1) is 64.6. The molecule has 70 heavy (non-hydrogen) atoms. The summed E-state index contributed by atoms with van der Waals surface area (Å²) in [5.41, 5.74) is 0. The van der Waals surface area contributed by atoms with Crippen LogP contribution >= 0.6 is 15.6 Å². The molecule has 0 radical (unpaired) electrons. The van der Waals surface area contributed by atoms with Crippen LogP contribution < -0.4 is 0 Å². The van der Waals surface area contributed by atoms with E-state index < -0.39 is 89.6 Å². The average molecular weight is 1030 g/mol. The predicted octanol–water partition coefficient (Wildman–Crippen LogP) is 8.70. The van der Waals surface area contributed by atoms with Gasteiger partial charge in [-0.1, -0.05) is 149 Å². The smallest absolute Gasteiger partial charge is 0.462 e. The van der Waals surface area contributed by atoms with Gasteiger partial charge >= 0.3 is 27.6 Å². The quantitative estimate of drug-likeness (QED) is 0.00940. The van der Waals surface area contributed by atoms with E-state index in [9.17, 15) is 58.9 Å². The van der Waals surface area contributed by atoms with Crippen molar-refractivity contribution in [1.82, 2.24) is 0 Å². The molecule has 0 aromatic heterocycles. The topological polar surface area (TPSA) is 276 Å². The van der Waals surface area contributed by atoms with Gasteiger partial charge in [0, 0.05) is 12.8 Å². The van der Waals surface area contributed by atoms with Crippen molar-refractivity contribution >= 4 is 27.6 Å². The zero-order chi connectivity index (χ0) is 51.9. The SMILES string of the molecule is CC/C=C\C/C=C\C/C=C\C/C=C\CCCCCCCCC(=O)O[C@H](COC(=O)CCC/C=C\C/C=C\C/C=C\C=C\CC(O)/C=C\CC)COP(=O)(O)O[C@H]1C(O)C(O)C(O)[C@@H](OP(=O)(O)O)C1O. The molecule has 0 amide bonds. The zero-order valence-corrected chi connectivity index (χ0v) is 42.8. The molecule has 1 aliphatic rings. The van der Waals surface area contributed by atoms with Gasteiger partial charge in [0.15, 0.2) is 6.10 Å². The van der Waals surface area contributed by atoms with Crippen LogP contribution in [0.2, 0.25) is 0 Å². The summed E-state index contributed by atoms with van der Waals surface area (Å²) in [5.74, 6) is -1.33. The van der Waals surface area contributed by atoms with Crippen molar-refractivity contribution in [2.45, 2.75) is 185 Å². The summed E-state index contributed by atoms with van der Waals surface area (Å²) in [5, 5.41) is 51.1. The van der Waals surface area contributed by atoms with E-state index in [2.05, 4.69) is 60.1 Å². The van der Waals surface area contributed by atoms with Crippen molar-refractivity contribution in [2.24, 2.45) is 0 Å². The number of allylic oxidation sites excluding steroid dienone is 16. The molecule has 6 unspecified atom stereocenters. The lowest BCUT2D eigenvalue weighted by Gasteiger charge is -2.43. The zero-order valence-electron chi connectivity index (χ0n) is 41.0. The highest BCUT2D eigenvalue weighted by Crippen LogP contribution is 2.49. The summed E-state index contributed by atoms with van der Waals surface area (Å²) in [6.07, 6.45) is 35.2. The maximum atomic E-state index is 13.0. The molecule has 8 N–H and O–H groups in total. The second kappa shape index (κ2) is 40.1. The lowest BCUT2D eigenvalue weighted by Crippen LogP contribution is -2.64. The Hall–Kier alpha value is -3.38. The lowest BCUT2D eigenvalue weighted by molar-refractivity contribution is -0.216. The van der Waals surface area contributed by atoms with Crippen molar-refractivity contribution in [1.29, 1.82) is 0 Å². The van der Waals surface area contributed by atoms with Gasteiger partial charge in [-0.15, -0.1) is 0 Å². The number of aliphatic hydroxyl groups is 5. The van der Waals surface area contributed by atoms with Gasteiger partial charge in [0.1, 0.15) is 43.2 Å². The molecule has 1 aliphatic carbocycles. The molecule has 0 spiro atoms. The van der Waals surface area contributed by atoms with Gasteiger partial charge < -0.3 is 49.7 Å². The number of phosphoric ester groups is 2. The Morgan fingerprint density at radius 1 is 0.529 bits per heavy atom. The van der Waals surface area contributed by atoms with Crippen LogP contribution in [0.25, 0.3) is 0 Å². The number of carbonyl (C=O) groups is 2. The maximum Gasteiger partial charge on any atom is 0.472 e. The average Bonchev–Trinajstić information content (AvgIpc) is 3.31. The monoisotopic (exact) mass is 1030 g/mol. The fraction of sp³-hybridized carbons (Fsp3) is 0.608. The number of aliphatic hydroxyl groups excluding tert-OH is 5. The van der Waals surface area contributed by atoms with E-state index in [1.165, 1.54) is 0 Å². The van der Waals surface area contributed by atoms with Gasteiger partial charge in [-0.2, -0.15) is 0 Å². The van der Waals surface area contributed by atoms with Gasteiger partial charge in [0.25, 0.3) is 0 Å². The van der Waals surface area contributed by atoms with Crippen LogP contribution in [-0.4, -0.2) is 114 Å². The fourth-order valence-electron chi connectivity index (χ4n) is 6.66. The van der Waals surface area contributed by atoms with Crippen molar-refractivity contribution in [3.8, 4) is 0 Å². The van der Waals surface area contributed by atoms with Crippen molar-refractivity contribution in [2.75, 3.05) is 13.2 Å². The lowest BCUT2D eigenvalue weighted by atomic mass is 9.85. The summed E-state index contributed by atoms with van der Waals surface area (Å²) >= 11 is 0. The molecule has 19 heteroatoms. The van der Waals surface area contributed by atoms with Crippen molar-refractivity contribution < 1.29 is 82.0 Å².